The molecular formula is C12H9IN2O2. The lowest BCUT2D eigenvalue weighted by molar-refractivity contribution is 0.0697. The average molecular weight is 340 g/mol. The van der Waals surface area contributed by atoms with Crippen LogP contribution in [0.15, 0.2) is 42.6 Å². The summed E-state index contributed by atoms with van der Waals surface area (Å²) in [7, 11) is 0. The number of carboxylic acid groups (broad SMARTS) is 1. The van der Waals surface area contributed by atoms with Gasteiger partial charge in [0, 0.05) is 15.5 Å². The molecule has 17 heavy (non-hydrogen) atoms. The summed E-state index contributed by atoms with van der Waals surface area (Å²) in [6.45, 7) is 0. The van der Waals surface area contributed by atoms with Crippen molar-refractivity contribution in [3.63, 3.8) is 0 Å². The number of hydrogen-bond donors (Lipinski definition) is 2. The average Bonchev–Trinajstić information content (AvgIpc) is 2.29. The smallest absolute Gasteiger partial charge is 0.335 e. The van der Waals surface area contributed by atoms with Crippen LogP contribution < -0.4 is 5.32 Å². The molecule has 0 amide bonds. The molecule has 1 aromatic heterocycles. The summed E-state index contributed by atoms with van der Waals surface area (Å²) in [5.74, 6) is -0.440. The standard InChI is InChI=1S/C12H9IN2O2/c13-9-2-1-3-10(7-9)15-11-6-8(12(16)17)4-5-14-11/h1-7H,(H,14,15)(H,16,17). The summed E-state index contributed by atoms with van der Waals surface area (Å²) in [6, 6.07) is 10.7. The maximum absolute atomic E-state index is 10.8. The van der Waals surface area contributed by atoms with Crippen LogP contribution in [-0.4, -0.2) is 16.1 Å². The van der Waals surface area contributed by atoms with Crippen molar-refractivity contribution in [1.82, 2.24) is 4.98 Å². The maximum atomic E-state index is 10.8. The lowest BCUT2D eigenvalue weighted by atomic mass is 10.2. The molecule has 0 aliphatic heterocycles. The van der Waals surface area contributed by atoms with Crippen LogP contribution in [0.25, 0.3) is 0 Å². The molecule has 0 unspecified atom stereocenters. The van der Waals surface area contributed by atoms with E-state index in [1.165, 1.54) is 18.3 Å². The molecule has 0 fully saturated rings. The van der Waals surface area contributed by atoms with E-state index in [0.717, 1.165) is 9.26 Å². The summed E-state index contributed by atoms with van der Waals surface area (Å²) in [5.41, 5.74) is 1.10. The molecule has 0 saturated heterocycles. The number of aromatic carboxylic acids is 1. The van der Waals surface area contributed by atoms with E-state index in [-0.39, 0.29) is 5.56 Å². The lowest BCUT2D eigenvalue weighted by Gasteiger charge is -2.06. The highest BCUT2D eigenvalue weighted by atomic mass is 127. The fourth-order valence-electron chi connectivity index (χ4n) is 1.35. The van der Waals surface area contributed by atoms with Crippen molar-refractivity contribution < 1.29 is 9.90 Å². The first-order chi connectivity index (χ1) is 8.15. The molecule has 0 aliphatic carbocycles. The number of anilines is 2. The van der Waals surface area contributed by atoms with Crippen LogP contribution >= 0.6 is 22.6 Å². The van der Waals surface area contributed by atoms with E-state index in [1.807, 2.05) is 24.3 Å². The Morgan fingerprint density at radius 3 is 2.82 bits per heavy atom. The van der Waals surface area contributed by atoms with Crippen LogP contribution in [0.4, 0.5) is 11.5 Å². The predicted molar refractivity (Wildman–Crippen MR) is 73.6 cm³/mol. The van der Waals surface area contributed by atoms with Gasteiger partial charge in [-0.05, 0) is 52.9 Å². The Hall–Kier alpha value is -1.63. The molecule has 5 heteroatoms. The van der Waals surface area contributed by atoms with E-state index in [4.69, 9.17) is 5.11 Å². The topological polar surface area (TPSA) is 62.2 Å². The Kier molecular flexibility index (Phi) is 3.58. The van der Waals surface area contributed by atoms with Crippen LogP contribution in [-0.2, 0) is 0 Å². The number of benzene rings is 1. The van der Waals surface area contributed by atoms with E-state index < -0.39 is 5.97 Å². The third-order valence-corrected chi connectivity index (χ3v) is 2.77. The van der Waals surface area contributed by atoms with E-state index in [2.05, 4.69) is 32.9 Å². The molecule has 2 rings (SSSR count). The third-order valence-electron chi connectivity index (χ3n) is 2.10. The molecule has 1 aromatic carbocycles. The minimum absolute atomic E-state index is 0.216. The van der Waals surface area contributed by atoms with Gasteiger partial charge in [0.1, 0.15) is 5.82 Å². The minimum Gasteiger partial charge on any atom is -0.478 e. The summed E-state index contributed by atoms with van der Waals surface area (Å²) in [4.78, 5) is 14.9. The second-order valence-electron chi connectivity index (χ2n) is 3.37. The largest absolute Gasteiger partial charge is 0.478 e. The van der Waals surface area contributed by atoms with Gasteiger partial charge in [-0.2, -0.15) is 0 Å². The Morgan fingerprint density at radius 2 is 2.12 bits per heavy atom. The number of carbonyl (C=O) groups is 1. The molecular weight excluding hydrogens is 331 g/mol. The normalized spacial score (nSPS) is 9.94. The SMILES string of the molecule is O=C(O)c1ccnc(Nc2cccc(I)c2)c1. The zero-order valence-electron chi connectivity index (χ0n) is 8.72. The molecule has 86 valence electrons. The number of aromatic nitrogens is 1. The van der Waals surface area contributed by atoms with Gasteiger partial charge in [0.2, 0.25) is 0 Å². The van der Waals surface area contributed by atoms with Crippen molar-refractivity contribution >= 4 is 40.1 Å². The minimum atomic E-state index is -0.960. The van der Waals surface area contributed by atoms with Gasteiger partial charge in [0.05, 0.1) is 5.56 Å². The Labute approximate surface area is 112 Å². The maximum Gasteiger partial charge on any atom is 0.335 e. The Bertz CT molecular complexity index is 558. The Morgan fingerprint density at radius 1 is 1.29 bits per heavy atom. The van der Waals surface area contributed by atoms with Crippen LogP contribution in [0.1, 0.15) is 10.4 Å². The van der Waals surface area contributed by atoms with Crippen LogP contribution in [0.2, 0.25) is 0 Å². The number of halogens is 1. The molecule has 0 bridgehead atoms. The van der Waals surface area contributed by atoms with Gasteiger partial charge in [0.25, 0.3) is 0 Å². The van der Waals surface area contributed by atoms with Gasteiger partial charge < -0.3 is 10.4 Å². The van der Waals surface area contributed by atoms with Gasteiger partial charge in [-0.1, -0.05) is 6.07 Å². The zero-order chi connectivity index (χ0) is 12.3. The van der Waals surface area contributed by atoms with Gasteiger partial charge in [-0.15, -0.1) is 0 Å². The van der Waals surface area contributed by atoms with Crippen molar-refractivity contribution in [1.29, 1.82) is 0 Å². The monoisotopic (exact) mass is 340 g/mol. The number of nitrogens with one attached hydrogen (secondary N) is 1. The number of nitrogens with zero attached hydrogens (tertiary/aromatic N) is 1. The Balaban J connectivity index is 2.24. The second-order valence-corrected chi connectivity index (χ2v) is 4.62. The highest BCUT2D eigenvalue weighted by molar-refractivity contribution is 14.1. The van der Waals surface area contributed by atoms with Gasteiger partial charge in [-0.25, -0.2) is 9.78 Å². The van der Waals surface area contributed by atoms with Crippen molar-refractivity contribution in [3.8, 4) is 0 Å². The quantitative estimate of drug-likeness (QED) is 0.843. The molecule has 2 aromatic rings. The molecule has 1 heterocycles. The van der Waals surface area contributed by atoms with Crippen LogP contribution in [0.3, 0.4) is 0 Å². The van der Waals surface area contributed by atoms with Crippen LogP contribution in [0.5, 0.6) is 0 Å². The molecule has 2 N–H and O–H groups in total. The van der Waals surface area contributed by atoms with Crippen molar-refractivity contribution in [2.45, 2.75) is 0 Å². The summed E-state index contributed by atoms with van der Waals surface area (Å²) in [6.07, 6.45) is 1.47. The predicted octanol–water partition coefficient (Wildman–Crippen LogP) is 3.13. The number of rotatable bonds is 3. The third kappa shape index (κ3) is 3.16. The van der Waals surface area contributed by atoms with Gasteiger partial charge in [-0.3, -0.25) is 0 Å². The second kappa shape index (κ2) is 5.13. The van der Waals surface area contributed by atoms with Crippen molar-refractivity contribution in [2.75, 3.05) is 5.32 Å². The summed E-state index contributed by atoms with van der Waals surface area (Å²) >= 11 is 2.21. The van der Waals surface area contributed by atoms with E-state index in [1.54, 1.807) is 0 Å². The van der Waals surface area contributed by atoms with Crippen molar-refractivity contribution in [2.24, 2.45) is 0 Å². The summed E-state index contributed by atoms with van der Waals surface area (Å²) in [5, 5.41) is 11.9. The van der Waals surface area contributed by atoms with E-state index in [9.17, 15) is 4.79 Å². The van der Waals surface area contributed by atoms with Crippen molar-refractivity contribution in [3.05, 3.63) is 51.7 Å². The first kappa shape index (κ1) is 11.8. The zero-order valence-corrected chi connectivity index (χ0v) is 10.9. The van der Waals surface area contributed by atoms with Gasteiger partial charge >= 0.3 is 5.97 Å². The van der Waals surface area contributed by atoms with E-state index in [0.29, 0.717) is 5.82 Å². The van der Waals surface area contributed by atoms with E-state index >= 15 is 0 Å². The molecule has 4 nitrogen and oxygen atoms in total. The summed E-state index contributed by atoms with van der Waals surface area (Å²) < 4.78 is 1.10. The fraction of sp³-hybridized carbons (Fsp3) is 0. The highest BCUT2D eigenvalue weighted by Gasteiger charge is 2.04. The molecule has 0 aliphatic rings. The number of carboxylic acids is 1. The number of pyridine rings is 1. The molecule has 0 atom stereocenters. The first-order valence-electron chi connectivity index (χ1n) is 4.87. The molecule has 0 radical (unpaired) electrons. The first-order valence-corrected chi connectivity index (χ1v) is 5.95. The van der Waals surface area contributed by atoms with Gasteiger partial charge in [0.15, 0.2) is 0 Å². The molecule has 0 saturated carbocycles. The van der Waals surface area contributed by atoms with Crippen LogP contribution in [0, 0.1) is 3.57 Å². The lowest BCUT2D eigenvalue weighted by Crippen LogP contribution is -1.99. The molecule has 0 spiro atoms. The highest BCUT2D eigenvalue weighted by Crippen LogP contribution is 2.17. The fourth-order valence-corrected chi connectivity index (χ4v) is 1.89. The number of hydrogen-bond acceptors (Lipinski definition) is 3.